The van der Waals surface area contributed by atoms with E-state index in [0.717, 1.165) is 42.4 Å². The number of fused-ring (bicyclic) bond motifs is 1. The highest BCUT2D eigenvalue weighted by Gasteiger charge is 2.43. The van der Waals surface area contributed by atoms with Gasteiger partial charge in [0.1, 0.15) is 11.4 Å². The minimum atomic E-state index is -3.35. The van der Waals surface area contributed by atoms with Gasteiger partial charge >= 0.3 is 0 Å². The van der Waals surface area contributed by atoms with Crippen LogP contribution in [0.3, 0.4) is 0 Å². The van der Waals surface area contributed by atoms with Crippen LogP contribution in [0.1, 0.15) is 49.3 Å². The molecule has 1 spiro atoms. The molecule has 0 radical (unpaired) electrons. The number of nitrogens with zero attached hydrogens (tertiary/aromatic N) is 1. The van der Waals surface area contributed by atoms with Crippen molar-refractivity contribution in [2.24, 2.45) is 4.99 Å². The van der Waals surface area contributed by atoms with E-state index in [1.165, 1.54) is 12.8 Å². The highest BCUT2D eigenvalue weighted by Crippen LogP contribution is 2.46. The lowest BCUT2D eigenvalue weighted by Gasteiger charge is -2.40. The molecule has 1 aliphatic carbocycles. The van der Waals surface area contributed by atoms with Gasteiger partial charge in [0.15, 0.2) is 5.96 Å². The SMILES string of the molecule is CN=C(NCc1ccccc1NS(C)(=O)=O)NC1CC2(CCCC2)Oc2ccccc21. The van der Waals surface area contributed by atoms with Gasteiger partial charge in [-0.25, -0.2) is 8.42 Å². The molecule has 7 nitrogen and oxygen atoms in total. The van der Waals surface area contributed by atoms with E-state index in [9.17, 15) is 8.42 Å². The second kappa shape index (κ2) is 8.78. The number of benzene rings is 2. The number of sulfonamides is 1. The third-order valence-electron chi connectivity index (χ3n) is 6.01. The summed E-state index contributed by atoms with van der Waals surface area (Å²) in [6, 6.07) is 15.6. The van der Waals surface area contributed by atoms with Gasteiger partial charge in [0.05, 0.1) is 18.0 Å². The number of aliphatic imine (C=N–C) groups is 1. The molecule has 0 bridgehead atoms. The first-order chi connectivity index (χ1) is 14.9. The van der Waals surface area contributed by atoms with Gasteiger partial charge in [0.25, 0.3) is 0 Å². The largest absolute Gasteiger partial charge is 0.487 e. The number of hydrogen-bond donors (Lipinski definition) is 3. The smallest absolute Gasteiger partial charge is 0.229 e. The van der Waals surface area contributed by atoms with Crippen LogP contribution >= 0.6 is 0 Å². The van der Waals surface area contributed by atoms with Gasteiger partial charge in [-0.05, 0) is 43.4 Å². The molecule has 8 heteroatoms. The second-order valence-corrected chi connectivity index (χ2v) is 10.1. The summed E-state index contributed by atoms with van der Waals surface area (Å²) in [5, 5.41) is 6.90. The summed E-state index contributed by atoms with van der Waals surface area (Å²) in [5.74, 6) is 1.62. The van der Waals surface area contributed by atoms with Crippen LogP contribution in [0.5, 0.6) is 5.75 Å². The maximum absolute atomic E-state index is 11.7. The molecule has 2 aromatic rings. The molecule has 2 aliphatic rings. The van der Waals surface area contributed by atoms with Gasteiger partial charge in [-0.3, -0.25) is 9.71 Å². The maximum atomic E-state index is 11.7. The van der Waals surface area contributed by atoms with Crippen molar-refractivity contribution in [3.63, 3.8) is 0 Å². The molecule has 0 amide bonds. The summed E-state index contributed by atoms with van der Waals surface area (Å²) in [7, 11) is -1.61. The Morgan fingerprint density at radius 3 is 2.58 bits per heavy atom. The summed E-state index contributed by atoms with van der Waals surface area (Å²) in [4.78, 5) is 4.40. The van der Waals surface area contributed by atoms with Gasteiger partial charge in [0.2, 0.25) is 10.0 Å². The fraction of sp³-hybridized carbons (Fsp3) is 0.435. The second-order valence-electron chi connectivity index (χ2n) is 8.39. The molecule has 0 saturated heterocycles. The lowest BCUT2D eigenvalue weighted by molar-refractivity contribution is 0.0396. The molecule has 1 atom stereocenters. The zero-order valence-corrected chi connectivity index (χ0v) is 18.8. The molecule has 1 aliphatic heterocycles. The number of ether oxygens (including phenoxy) is 1. The van der Waals surface area contributed by atoms with Crippen molar-refractivity contribution >= 4 is 21.7 Å². The summed E-state index contributed by atoms with van der Waals surface area (Å²) in [6.45, 7) is 0.439. The Labute approximate surface area is 184 Å². The van der Waals surface area contributed by atoms with Crippen molar-refractivity contribution in [2.45, 2.75) is 50.3 Å². The Morgan fingerprint density at radius 2 is 1.84 bits per heavy atom. The summed E-state index contributed by atoms with van der Waals surface area (Å²) >= 11 is 0. The average Bonchev–Trinajstić information content (AvgIpc) is 3.18. The molecule has 0 aromatic heterocycles. The van der Waals surface area contributed by atoms with E-state index in [-0.39, 0.29) is 11.6 Å². The zero-order valence-electron chi connectivity index (χ0n) is 18.0. The summed E-state index contributed by atoms with van der Waals surface area (Å²) in [5.41, 5.74) is 2.45. The standard InChI is InChI=1S/C23H30N4O3S/c1-24-22(25-16-17-9-3-5-11-19(17)27-31(2,28)29)26-20-15-23(13-7-8-14-23)30-21-12-6-4-10-18(20)21/h3-6,9-12,20,27H,7-8,13-16H2,1-2H3,(H2,24,25,26). The molecule has 2 aromatic carbocycles. The molecule has 1 saturated carbocycles. The van der Waals surface area contributed by atoms with Crippen LogP contribution in [0.2, 0.25) is 0 Å². The first-order valence-electron chi connectivity index (χ1n) is 10.7. The summed E-state index contributed by atoms with van der Waals surface area (Å²) < 4.78 is 32.4. The number of anilines is 1. The van der Waals surface area contributed by atoms with Crippen molar-refractivity contribution in [3.05, 3.63) is 59.7 Å². The van der Waals surface area contributed by atoms with Crippen LogP contribution in [-0.2, 0) is 16.6 Å². The molecule has 31 heavy (non-hydrogen) atoms. The van der Waals surface area contributed by atoms with Gasteiger partial charge in [-0.2, -0.15) is 0 Å². The van der Waals surface area contributed by atoms with Crippen molar-refractivity contribution in [3.8, 4) is 5.75 Å². The van der Waals surface area contributed by atoms with E-state index in [0.29, 0.717) is 18.2 Å². The van der Waals surface area contributed by atoms with Crippen LogP contribution in [0.15, 0.2) is 53.5 Å². The fourth-order valence-corrected chi connectivity index (χ4v) is 5.18. The Balaban J connectivity index is 1.49. The van der Waals surface area contributed by atoms with E-state index in [4.69, 9.17) is 4.74 Å². The molecule has 1 fully saturated rings. The van der Waals surface area contributed by atoms with E-state index in [1.807, 2.05) is 36.4 Å². The first kappa shape index (κ1) is 21.5. The lowest BCUT2D eigenvalue weighted by atomic mass is 9.86. The quantitative estimate of drug-likeness (QED) is 0.486. The number of nitrogens with one attached hydrogen (secondary N) is 3. The average molecular weight is 443 g/mol. The highest BCUT2D eigenvalue weighted by molar-refractivity contribution is 7.92. The third kappa shape index (κ3) is 5.12. The topological polar surface area (TPSA) is 91.8 Å². The number of hydrogen-bond acceptors (Lipinski definition) is 4. The maximum Gasteiger partial charge on any atom is 0.229 e. The van der Waals surface area contributed by atoms with Crippen molar-refractivity contribution in [1.29, 1.82) is 0 Å². The van der Waals surface area contributed by atoms with Crippen molar-refractivity contribution in [2.75, 3.05) is 18.0 Å². The number of para-hydroxylation sites is 2. The molecule has 166 valence electrons. The van der Waals surface area contributed by atoms with Gasteiger partial charge < -0.3 is 15.4 Å². The normalized spacial score (nSPS) is 20.1. The van der Waals surface area contributed by atoms with E-state index in [2.05, 4.69) is 26.4 Å². The predicted molar refractivity (Wildman–Crippen MR) is 124 cm³/mol. The Kier molecular flexibility index (Phi) is 6.09. The van der Waals surface area contributed by atoms with Crippen molar-refractivity contribution in [1.82, 2.24) is 10.6 Å². The third-order valence-corrected chi connectivity index (χ3v) is 6.60. The Bertz CT molecular complexity index is 1060. The monoisotopic (exact) mass is 442 g/mol. The van der Waals surface area contributed by atoms with Crippen molar-refractivity contribution < 1.29 is 13.2 Å². The molecule has 3 N–H and O–H groups in total. The Morgan fingerprint density at radius 1 is 1.13 bits per heavy atom. The number of rotatable bonds is 5. The molecular formula is C23H30N4O3S. The van der Waals surface area contributed by atoms with Crippen LogP contribution in [-0.4, -0.2) is 33.3 Å². The predicted octanol–water partition coefficient (Wildman–Crippen LogP) is 3.56. The molecule has 1 heterocycles. The fourth-order valence-electron chi connectivity index (χ4n) is 4.58. The van der Waals surface area contributed by atoms with E-state index in [1.54, 1.807) is 13.1 Å². The van der Waals surface area contributed by atoms with Crippen LogP contribution in [0.25, 0.3) is 0 Å². The van der Waals surface area contributed by atoms with Gasteiger partial charge in [0, 0.05) is 25.6 Å². The van der Waals surface area contributed by atoms with Crippen LogP contribution < -0.4 is 20.1 Å². The minimum absolute atomic E-state index is 0.0960. The van der Waals surface area contributed by atoms with Crippen LogP contribution in [0.4, 0.5) is 5.69 Å². The zero-order chi connectivity index (χ0) is 21.9. The summed E-state index contributed by atoms with van der Waals surface area (Å²) in [6.07, 6.45) is 6.61. The minimum Gasteiger partial charge on any atom is -0.487 e. The van der Waals surface area contributed by atoms with Gasteiger partial charge in [-0.1, -0.05) is 36.4 Å². The van der Waals surface area contributed by atoms with Gasteiger partial charge in [-0.15, -0.1) is 0 Å². The first-order valence-corrected chi connectivity index (χ1v) is 12.6. The molecule has 1 unspecified atom stereocenters. The molecular weight excluding hydrogens is 412 g/mol. The van der Waals surface area contributed by atoms with E-state index >= 15 is 0 Å². The Hall–Kier alpha value is -2.74. The number of guanidine groups is 1. The lowest BCUT2D eigenvalue weighted by Crippen LogP contribution is -2.46. The van der Waals surface area contributed by atoms with E-state index < -0.39 is 10.0 Å². The highest BCUT2D eigenvalue weighted by atomic mass is 32.2. The molecule has 4 rings (SSSR count). The van der Waals surface area contributed by atoms with Crippen LogP contribution in [0, 0.1) is 0 Å².